The van der Waals surface area contributed by atoms with Crippen molar-refractivity contribution >= 4 is 5.91 Å². The first kappa shape index (κ1) is 12.8. The van der Waals surface area contributed by atoms with E-state index in [4.69, 9.17) is 10.5 Å². The van der Waals surface area contributed by atoms with Gasteiger partial charge in [0.25, 0.3) is 0 Å². The monoisotopic (exact) mass is 240 g/mol. The number of methoxy groups -OCH3 is 1. The van der Waals surface area contributed by atoms with E-state index in [1.807, 2.05) is 11.9 Å². The molecule has 2 N–H and O–H groups in total. The maximum atomic E-state index is 12.2. The maximum absolute atomic E-state index is 12.2. The number of rotatable bonds is 6. The Morgan fingerprint density at radius 3 is 2.53 bits per heavy atom. The zero-order chi connectivity index (χ0) is 12.5. The van der Waals surface area contributed by atoms with Crippen molar-refractivity contribution in [3.63, 3.8) is 0 Å². The van der Waals surface area contributed by atoms with Gasteiger partial charge in [0.1, 0.15) is 0 Å². The van der Waals surface area contributed by atoms with Crippen molar-refractivity contribution in [3.8, 4) is 0 Å². The standard InChI is InChI=1S/C13H24N2O2/c1-15(11(9-14)10-4-5-10)12(16)8-13(17-2)6-3-7-13/h10-11H,3-9,14H2,1-2H3. The van der Waals surface area contributed by atoms with E-state index in [0.717, 1.165) is 12.8 Å². The highest BCUT2D eigenvalue weighted by Gasteiger charge is 2.42. The number of ether oxygens (including phenoxy) is 1. The highest BCUT2D eigenvalue weighted by Crippen LogP contribution is 2.39. The van der Waals surface area contributed by atoms with Crippen molar-refractivity contribution in [1.82, 2.24) is 4.90 Å². The number of hydrogen-bond acceptors (Lipinski definition) is 3. The predicted molar refractivity (Wildman–Crippen MR) is 66.5 cm³/mol. The molecule has 98 valence electrons. The van der Waals surface area contributed by atoms with Crippen LogP contribution in [0, 0.1) is 5.92 Å². The largest absolute Gasteiger partial charge is 0.378 e. The first-order chi connectivity index (χ1) is 8.12. The van der Waals surface area contributed by atoms with Gasteiger partial charge in [0, 0.05) is 26.7 Å². The first-order valence-electron chi connectivity index (χ1n) is 6.63. The third kappa shape index (κ3) is 2.63. The predicted octanol–water partition coefficient (Wildman–Crippen LogP) is 1.14. The van der Waals surface area contributed by atoms with E-state index in [1.165, 1.54) is 19.3 Å². The van der Waals surface area contributed by atoms with Crippen molar-refractivity contribution in [2.24, 2.45) is 11.7 Å². The van der Waals surface area contributed by atoms with Gasteiger partial charge in [-0.25, -0.2) is 0 Å². The number of nitrogens with zero attached hydrogens (tertiary/aromatic N) is 1. The highest BCUT2D eigenvalue weighted by molar-refractivity contribution is 5.77. The number of carbonyl (C=O) groups is 1. The van der Waals surface area contributed by atoms with Crippen molar-refractivity contribution in [3.05, 3.63) is 0 Å². The molecule has 0 aliphatic heterocycles. The van der Waals surface area contributed by atoms with Gasteiger partial charge in [-0.15, -0.1) is 0 Å². The van der Waals surface area contributed by atoms with Gasteiger partial charge in [-0.2, -0.15) is 0 Å². The molecular formula is C13H24N2O2. The van der Waals surface area contributed by atoms with Crippen molar-refractivity contribution in [2.45, 2.75) is 50.2 Å². The first-order valence-corrected chi connectivity index (χ1v) is 6.63. The molecule has 0 aromatic carbocycles. The van der Waals surface area contributed by atoms with Gasteiger partial charge in [-0.3, -0.25) is 4.79 Å². The number of likely N-dealkylation sites (N-methyl/N-ethyl adjacent to an activating group) is 1. The third-order valence-electron chi connectivity index (χ3n) is 4.47. The van der Waals surface area contributed by atoms with Gasteiger partial charge in [0.15, 0.2) is 0 Å². The van der Waals surface area contributed by atoms with Gasteiger partial charge in [0.2, 0.25) is 5.91 Å². The average Bonchev–Trinajstić information content (AvgIpc) is 3.08. The van der Waals surface area contributed by atoms with E-state index >= 15 is 0 Å². The number of hydrogen-bond donors (Lipinski definition) is 1. The van der Waals surface area contributed by atoms with Crippen LogP contribution in [0.4, 0.5) is 0 Å². The van der Waals surface area contributed by atoms with Gasteiger partial charge in [-0.1, -0.05) is 0 Å². The Morgan fingerprint density at radius 2 is 2.18 bits per heavy atom. The van der Waals surface area contributed by atoms with Crippen LogP contribution in [0.5, 0.6) is 0 Å². The Morgan fingerprint density at radius 1 is 1.53 bits per heavy atom. The molecule has 2 rings (SSSR count). The smallest absolute Gasteiger partial charge is 0.225 e. The summed E-state index contributed by atoms with van der Waals surface area (Å²) in [6.07, 6.45) is 6.15. The Kier molecular flexibility index (Phi) is 3.73. The fraction of sp³-hybridized carbons (Fsp3) is 0.923. The number of nitrogens with two attached hydrogens (primary N) is 1. The van der Waals surface area contributed by atoms with Crippen LogP contribution >= 0.6 is 0 Å². The summed E-state index contributed by atoms with van der Waals surface area (Å²) >= 11 is 0. The van der Waals surface area contributed by atoms with Crippen molar-refractivity contribution < 1.29 is 9.53 Å². The minimum absolute atomic E-state index is 0.173. The molecule has 0 heterocycles. The Balaban J connectivity index is 1.89. The summed E-state index contributed by atoms with van der Waals surface area (Å²) in [6.45, 7) is 0.576. The van der Waals surface area contributed by atoms with Crippen LogP contribution in [0.2, 0.25) is 0 Å². The quantitative estimate of drug-likeness (QED) is 0.757. The average molecular weight is 240 g/mol. The summed E-state index contributed by atoms with van der Waals surface area (Å²) in [5, 5.41) is 0. The molecule has 0 spiro atoms. The summed E-state index contributed by atoms with van der Waals surface area (Å²) in [7, 11) is 3.61. The van der Waals surface area contributed by atoms with Crippen LogP contribution in [-0.2, 0) is 9.53 Å². The molecule has 4 heteroatoms. The fourth-order valence-corrected chi connectivity index (χ4v) is 2.76. The lowest BCUT2D eigenvalue weighted by atomic mass is 9.77. The second-order valence-corrected chi connectivity index (χ2v) is 5.56. The molecule has 4 nitrogen and oxygen atoms in total. The normalized spacial score (nSPS) is 23.9. The zero-order valence-corrected chi connectivity index (χ0v) is 10.9. The lowest BCUT2D eigenvalue weighted by molar-refractivity contribution is -0.145. The minimum Gasteiger partial charge on any atom is -0.378 e. The van der Waals surface area contributed by atoms with Gasteiger partial charge < -0.3 is 15.4 Å². The maximum Gasteiger partial charge on any atom is 0.225 e. The molecule has 2 aliphatic carbocycles. The lowest BCUT2D eigenvalue weighted by Gasteiger charge is -2.41. The molecule has 2 fully saturated rings. The molecule has 17 heavy (non-hydrogen) atoms. The molecule has 0 aromatic rings. The second kappa shape index (κ2) is 4.94. The topological polar surface area (TPSA) is 55.6 Å². The summed E-state index contributed by atoms with van der Waals surface area (Å²) in [6, 6.07) is 0.233. The fourth-order valence-electron chi connectivity index (χ4n) is 2.76. The van der Waals surface area contributed by atoms with E-state index < -0.39 is 0 Å². The van der Waals surface area contributed by atoms with Crippen LogP contribution in [0.3, 0.4) is 0 Å². The van der Waals surface area contributed by atoms with E-state index in [2.05, 4.69) is 0 Å². The van der Waals surface area contributed by atoms with Gasteiger partial charge >= 0.3 is 0 Å². The van der Waals surface area contributed by atoms with Crippen LogP contribution in [0.25, 0.3) is 0 Å². The van der Waals surface area contributed by atoms with E-state index in [1.54, 1.807) is 7.11 Å². The number of amides is 1. The lowest BCUT2D eigenvalue weighted by Crippen LogP contribution is -2.49. The van der Waals surface area contributed by atoms with Crippen molar-refractivity contribution in [2.75, 3.05) is 20.7 Å². The van der Waals surface area contributed by atoms with Crippen LogP contribution < -0.4 is 5.73 Å². The molecule has 1 atom stereocenters. The van der Waals surface area contributed by atoms with Crippen LogP contribution in [0.1, 0.15) is 38.5 Å². The Hall–Kier alpha value is -0.610. The molecular weight excluding hydrogens is 216 g/mol. The van der Waals surface area contributed by atoms with Crippen molar-refractivity contribution in [1.29, 1.82) is 0 Å². The summed E-state index contributed by atoms with van der Waals surface area (Å²) < 4.78 is 5.51. The second-order valence-electron chi connectivity index (χ2n) is 5.56. The Bertz CT molecular complexity index is 280. The Labute approximate surface area is 103 Å². The SMILES string of the molecule is COC1(CC(=O)N(C)C(CN)C2CC2)CCC1. The van der Waals surface area contributed by atoms with Crippen LogP contribution in [-0.4, -0.2) is 43.2 Å². The summed E-state index contributed by atoms with van der Waals surface area (Å²) in [4.78, 5) is 14.1. The molecule has 2 saturated carbocycles. The molecule has 0 aromatic heterocycles. The van der Waals surface area contributed by atoms with Gasteiger partial charge in [0.05, 0.1) is 12.0 Å². The van der Waals surface area contributed by atoms with E-state index in [9.17, 15) is 4.79 Å². The van der Waals surface area contributed by atoms with Gasteiger partial charge in [-0.05, 0) is 38.0 Å². The molecule has 0 bridgehead atoms. The third-order valence-corrected chi connectivity index (χ3v) is 4.47. The molecule has 0 saturated heterocycles. The van der Waals surface area contributed by atoms with E-state index in [0.29, 0.717) is 18.9 Å². The highest BCUT2D eigenvalue weighted by atomic mass is 16.5. The zero-order valence-electron chi connectivity index (χ0n) is 10.9. The molecule has 0 radical (unpaired) electrons. The summed E-state index contributed by atoms with van der Waals surface area (Å²) in [5.41, 5.74) is 5.60. The van der Waals surface area contributed by atoms with Crippen LogP contribution in [0.15, 0.2) is 0 Å². The minimum atomic E-state index is -0.173. The molecule has 1 unspecified atom stereocenters. The molecule has 2 aliphatic rings. The number of carbonyl (C=O) groups excluding carboxylic acids is 1. The molecule has 1 amide bonds. The van der Waals surface area contributed by atoms with E-state index in [-0.39, 0.29) is 17.6 Å². The summed E-state index contributed by atoms with van der Waals surface area (Å²) in [5.74, 6) is 0.822.